The molecule has 2 heterocycles. The maximum Gasteiger partial charge on any atom is 0.261 e. The Morgan fingerprint density at radius 2 is 1.93 bits per heavy atom. The summed E-state index contributed by atoms with van der Waals surface area (Å²) in [4.78, 5) is 13.2. The highest BCUT2D eigenvalue weighted by atomic mass is 32.1. The minimum Gasteiger partial charge on any atom is -0.489 e. The Kier molecular flexibility index (Phi) is 5.89. The lowest BCUT2D eigenvalue weighted by molar-refractivity contribution is 0.0955. The molecule has 0 spiro atoms. The molecule has 2 aromatic heterocycles. The van der Waals surface area contributed by atoms with Gasteiger partial charge in [-0.2, -0.15) is 5.10 Å². The smallest absolute Gasteiger partial charge is 0.261 e. The van der Waals surface area contributed by atoms with E-state index in [1.54, 1.807) is 0 Å². The van der Waals surface area contributed by atoms with Gasteiger partial charge in [-0.3, -0.25) is 9.48 Å². The van der Waals surface area contributed by atoms with Crippen molar-refractivity contribution >= 4 is 17.2 Å². The predicted molar refractivity (Wildman–Crippen MR) is 113 cm³/mol. The van der Waals surface area contributed by atoms with Crippen LogP contribution in [0.1, 0.15) is 48.9 Å². The summed E-state index contributed by atoms with van der Waals surface area (Å²) in [5.74, 6) is 0.832. The number of rotatable bonds is 6. The van der Waals surface area contributed by atoms with Crippen LogP contribution in [0, 0.1) is 34.6 Å². The van der Waals surface area contributed by atoms with Crippen LogP contribution >= 0.6 is 11.3 Å². The van der Waals surface area contributed by atoms with E-state index in [0.717, 1.165) is 33.8 Å². The Labute approximate surface area is 170 Å². The molecule has 3 rings (SSSR count). The lowest BCUT2D eigenvalue weighted by Crippen LogP contribution is -2.22. The number of carbonyl (C=O) groups is 1. The Morgan fingerprint density at radius 1 is 1.18 bits per heavy atom. The number of hydrogen-bond donors (Lipinski definition) is 1. The molecule has 0 fully saturated rings. The van der Waals surface area contributed by atoms with Gasteiger partial charge in [-0.15, -0.1) is 11.3 Å². The van der Waals surface area contributed by atoms with E-state index in [1.807, 2.05) is 37.0 Å². The lowest BCUT2D eigenvalue weighted by Gasteiger charge is -2.11. The van der Waals surface area contributed by atoms with E-state index in [9.17, 15) is 4.79 Å². The van der Waals surface area contributed by atoms with Gasteiger partial charge in [0.05, 0.1) is 10.6 Å². The van der Waals surface area contributed by atoms with Crippen molar-refractivity contribution in [3.63, 3.8) is 0 Å². The fourth-order valence-electron chi connectivity index (χ4n) is 3.21. The second-order valence-electron chi connectivity index (χ2n) is 7.27. The molecule has 5 nitrogen and oxygen atoms in total. The first-order chi connectivity index (χ1) is 13.3. The fraction of sp³-hybridized carbons (Fsp3) is 0.364. The SMILES string of the molecule is Cc1cc(C)c(C)c(OCc2csc(C(=O)NCc3c(C)nn(C)c3C)c2)c1. The topological polar surface area (TPSA) is 56.1 Å². The van der Waals surface area contributed by atoms with Crippen LogP contribution in [-0.4, -0.2) is 15.7 Å². The molecule has 1 amide bonds. The van der Waals surface area contributed by atoms with Crippen LogP contribution in [0.3, 0.4) is 0 Å². The van der Waals surface area contributed by atoms with E-state index in [2.05, 4.69) is 43.3 Å². The summed E-state index contributed by atoms with van der Waals surface area (Å²) < 4.78 is 7.84. The fourth-order valence-corrected chi connectivity index (χ4v) is 4.02. The third-order valence-electron chi connectivity index (χ3n) is 5.12. The highest BCUT2D eigenvalue weighted by Crippen LogP contribution is 2.25. The highest BCUT2D eigenvalue weighted by molar-refractivity contribution is 7.12. The van der Waals surface area contributed by atoms with E-state index < -0.39 is 0 Å². The van der Waals surface area contributed by atoms with Gasteiger partial charge in [0, 0.05) is 30.4 Å². The molecule has 0 aliphatic rings. The van der Waals surface area contributed by atoms with E-state index in [0.29, 0.717) is 18.0 Å². The first-order valence-electron chi connectivity index (χ1n) is 9.31. The van der Waals surface area contributed by atoms with Crippen molar-refractivity contribution in [2.75, 3.05) is 0 Å². The van der Waals surface area contributed by atoms with Gasteiger partial charge in [0.2, 0.25) is 0 Å². The van der Waals surface area contributed by atoms with Crippen LogP contribution < -0.4 is 10.1 Å². The molecule has 0 aliphatic heterocycles. The molecule has 1 N–H and O–H groups in total. The second-order valence-corrected chi connectivity index (χ2v) is 8.18. The quantitative estimate of drug-likeness (QED) is 0.665. The summed E-state index contributed by atoms with van der Waals surface area (Å²) in [6.45, 7) is 11.1. The number of aryl methyl sites for hydroxylation is 4. The molecule has 0 atom stereocenters. The highest BCUT2D eigenvalue weighted by Gasteiger charge is 2.14. The van der Waals surface area contributed by atoms with Gasteiger partial charge in [-0.1, -0.05) is 6.07 Å². The molecule has 0 saturated carbocycles. The molecule has 3 aromatic rings. The molecule has 0 unspecified atom stereocenters. The van der Waals surface area contributed by atoms with Crippen molar-refractivity contribution in [1.29, 1.82) is 0 Å². The molecule has 148 valence electrons. The van der Waals surface area contributed by atoms with Crippen molar-refractivity contribution in [3.05, 3.63) is 67.7 Å². The summed E-state index contributed by atoms with van der Waals surface area (Å²) in [6.07, 6.45) is 0. The van der Waals surface area contributed by atoms with Gasteiger partial charge in [0.25, 0.3) is 5.91 Å². The molecule has 0 aliphatic carbocycles. The van der Waals surface area contributed by atoms with Gasteiger partial charge in [0.1, 0.15) is 12.4 Å². The van der Waals surface area contributed by atoms with Crippen LogP contribution in [0.4, 0.5) is 0 Å². The summed E-state index contributed by atoms with van der Waals surface area (Å²) in [5, 5.41) is 9.37. The molecule has 0 saturated heterocycles. The predicted octanol–water partition coefficient (Wildman–Crippen LogP) is 4.53. The second kappa shape index (κ2) is 8.19. The lowest BCUT2D eigenvalue weighted by atomic mass is 10.1. The zero-order chi connectivity index (χ0) is 20.4. The van der Waals surface area contributed by atoms with Gasteiger partial charge < -0.3 is 10.1 Å². The van der Waals surface area contributed by atoms with E-state index in [4.69, 9.17) is 4.74 Å². The van der Waals surface area contributed by atoms with E-state index >= 15 is 0 Å². The summed E-state index contributed by atoms with van der Waals surface area (Å²) >= 11 is 1.44. The largest absolute Gasteiger partial charge is 0.489 e. The van der Waals surface area contributed by atoms with Crippen LogP contribution in [0.25, 0.3) is 0 Å². The van der Waals surface area contributed by atoms with Crippen molar-refractivity contribution < 1.29 is 9.53 Å². The maximum absolute atomic E-state index is 12.5. The van der Waals surface area contributed by atoms with Gasteiger partial charge in [0.15, 0.2) is 0 Å². The molecule has 28 heavy (non-hydrogen) atoms. The van der Waals surface area contributed by atoms with Crippen LogP contribution in [0.5, 0.6) is 5.75 Å². The number of ether oxygens (including phenoxy) is 1. The van der Waals surface area contributed by atoms with Crippen LogP contribution in [0.15, 0.2) is 23.6 Å². The number of benzene rings is 1. The average molecular weight is 398 g/mol. The van der Waals surface area contributed by atoms with Crippen molar-refractivity contribution in [2.24, 2.45) is 7.05 Å². The normalized spacial score (nSPS) is 10.9. The number of carbonyl (C=O) groups excluding carboxylic acids is 1. The minimum absolute atomic E-state index is 0.0681. The Bertz CT molecular complexity index is 1020. The molecule has 6 heteroatoms. The standard InChI is InChI=1S/C22H27N3O2S/c1-13-7-14(2)15(3)20(8-13)27-11-18-9-21(28-12-18)22(26)23-10-19-16(4)24-25(6)17(19)5/h7-9,12H,10-11H2,1-6H3,(H,23,26). The minimum atomic E-state index is -0.0681. The van der Waals surface area contributed by atoms with Crippen LogP contribution in [0.2, 0.25) is 0 Å². The molecular formula is C22H27N3O2S. The van der Waals surface area contributed by atoms with Crippen LogP contribution in [-0.2, 0) is 20.2 Å². The summed E-state index contributed by atoms with van der Waals surface area (Å²) in [6, 6.07) is 6.11. The molecule has 0 radical (unpaired) electrons. The van der Waals surface area contributed by atoms with Gasteiger partial charge in [-0.25, -0.2) is 0 Å². The Balaban J connectivity index is 1.61. The number of nitrogens with zero attached hydrogens (tertiary/aromatic N) is 2. The van der Waals surface area contributed by atoms with Crippen molar-refractivity contribution in [1.82, 2.24) is 15.1 Å². The van der Waals surface area contributed by atoms with Gasteiger partial charge in [-0.05, 0) is 68.8 Å². The van der Waals surface area contributed by atoms with Crippen molar-refractivity contribution in [2.45, 2.75) is 47.8 Å². The van der Waals surface area contributed by atoms with Crippen molar-refractivity contribution in [3.8, 4) is 5.75 Å². The first kappa shape index (κ1) is 20.1. The number of amides is 1. The van der Waals surface area contributed by atoms with E-state index in [1.165, 1.54) is 22.5 Å². The number of thiophene rings is 1. The zero-order valence-electron chi connectivity index (χ0n) is 17.3. The van der Waals surface area contributed by atoms with Gasteiger partial charge >= 0.3 is 0 Å². The molecule has 1 aromatic carbocycles. The summed E-state index contributed by atoms with van der Waals surface area (Å²) in [7, 11) is 1.91. The third kappa shape index (κ3) is 4.28. The number of hydrogen-bond acceptors (Lipinski definition) is 4. The number of nitrogens with one attached hydrogen (secondary N) is 1. The Hall–Kier alpha value is -2.60. The van der Waals surface area contributed by atoms with E-state index in [-0.39, 0.29) is 5.91 Å². The average Bonchev–Trinajstić information content (AvgIpc) is 3.20. The summed E-state index contributed by atoms with van der Waals surface area (Å²) in [5.41, 5.74) is 7.65. The third-order valence-corrected chi connectivity index (χ3v) is 6.10. The zero-order valence-corrected chi connectivity index (χ0v) is 18.2. The molecule has 0 bridgehead atoms. The molecular weight excluding hydrogens is 370 g/mol. The maximum atomic E-state index is 12.5. The Morgan fingerprint density at radius 3 is 2.61 bits per heavy atom. The monoisotopic (exact) mass is 397 g/mol. The number of aromatic nitrogens is 2. The first-order valence-corrected chi connectivity index (χ1v) is 10.2.